The van der Waals surface area contributed by atoms with Crippen molar-refractivity contribution in [2.45, 2.75) is 23.1 Å². The molecule has 0 atom stereocenters. The van der Waals surface area contributed by atoms with Gasteiger partial charge in [0.2, 0.25) is 0 Å². The van der Waals surface area contributed by atoms with Gasteiger partial charge in [0.25, 0.3) is 5.91 Å². The molecule has 0 saturated heterocycles. The molecule has 5 rings (SSSR count). The molecule has 3 aromatic carbocycles. The highest BCUT2D eigenvalue weighted by atomic mass is 79.9. The first-order chi connectivity index (χ1) is 19.2. The van der Waals surface area contributed by atoms with Crippen LogP contribution in [0.5, 0.6) is 5.75 Å². The predicted molar refractivity (Wildman–Crippen MR) is 169 cm³/mol. The number of nitrogens with one attached hydrogen (secondary N) is 2. The molecule has 204 valence electrons. The fraction of sp³-hybridized carbons (Fsp3) is 0.0741. The van der Waals surface area contributed by atoms with Crippen molar-refractivity contribution in [3.8, 4) is 5.75 Å². The quantitative estimate of drug-likeness (QED) is 0.0833. The third-order valence-electron chi connectivity index (χ3n) is 5.72. The molecule has 13 heteroatoms. The number of halogens is 2. The maximum Gasteiger partial charge on any atom is 0.268 e. The van der Waals surface area contributed by atoms with E-state index in [1.54, 1.807) is 17.5 Å². The van der Waals surface area contributed by atoms with E-state index in [0.717, 1.165) is 20.9 Å². The van der Waals surface area contributed by atoms with E-state index < -0.39 is 5.91 Å². The number of aryl methyl sites for hydroxylation is 1. The first-order valence-corrected chi connectivity index (χ1v) is 15.8. The zero-order valence-electron chi connectivity index (χ0n) is 20.7. The summed E-state index contributed by atoms with van der Waals surface area (Å²) in [6, 6.07) is 16.8. The maximum absolute atomic E-state index is 13.5. The van der Waals surface area contributed by atoms with E-state index in [0.29, 0.717) is 43.0 Å². The highest BCUT2D eigenvalue weighted by Crippen LogP contribution is 2.37. The van der Waals surface area contributed by atoms with Gasteiger partial charge in [0.1, 0.15) is 22.8 Å². The standard InChI is InChI=1S/C27H20Br2N4O4S3/c1-2-21-23(24(34)13-9-18(28)25(35)19(29)10-13)17-8-7-16(11-22(17)37-21)40-32-14-3-5-15(6-4-14)39-33-27-31-20(12-38-27)26(30)36/h3-12,32,35H,2H2,1H3,(H2,30,36)(H,31,33). The number of carbonyl (C=O) groups is 2. The van der Waals surface area contributed by atoms with E-state index in [-0.39, 0.29) is 17.2 Å². The van der Waals surface area contributed by atoms with Gasteiger partial charge in [-0.05, 0) is 110 Å². The van der Waals surface area contributed by atoms with Crippen LogP contribution in [0.2, 0.25) is 0 Å². The minimum atomic E-state index is -0.552. The fourth-order valence-electron chi connectivity index (χ4n) is 3.78. The van der Waals surface area contributed by atoms with Crippen molar-refractivity contribution in [2.75, 3.05) is 9.44 Å². The summed E-state index contributed by atoms with van der Waals surface area (Å²) in [5.74, 6) is -0.0738. The van der Waals surface area contributed by atoms with Crippen LogP contribution in [0, 0.1) is 0 Å². The molecule has 0 aliphatic carbocycles. The number of rotatable bonds is 10. The van der Waals surface area contributed by atoms with Gasteiger partial charge >= 0.3 is 0 Å². The number of aromatic nitrogens is 1. The minimum Gasteiger partial charge on any atom is -0.506 e. The number of phenolic OH excluding ortho intramolecular Hbond substituents is 1. The number of ketones is 1. The van der Waals surface area contributed by atoms with Crippen molar-refractivity contribution in [1.29, 1.82) is 0 Å². The Balaban J connectivity index is 1.26. The number of primary amides is 1. The second-order valence-electron chi connectivity index (χ2n) is 8.36. The third-order valence-corrected chi connectivity index (χ3v) is 9.44. The number of nitrogens with zero attached hydrogens (tertiary/aromatic N) is 1. The molecule has 0 aliphatic rings. The van der Waals surface area contributed by atoms with Crippen LogP contribution < -0.4 is 15.2 Å². The molecule has 2 heterocycles. The number of thiazole rings is 1. The molecule has 0 aliphatic heterocycles. The molecular formula is C27H20Br2N4O4S3. The fourth-order valence-corrected chi connectivity index (χ4v) is 7.02. The van der Waals surface area contributed by atoms with E-state index in [1.165, 1.54) is 35.2 Å². The Hall–Kier alpha value is -2.97. The van der Waals surface area contributed by atoms with Crippen LogP contribution in [0.25, 0.3) is 11.0 Å². The molecule has 0 unspecified atom stereocenters. The van der Waals surface area contributed by atoms with Gasteiger partial charge in [-0.25, -0.2) is 4.98 Å². The summed E-state index contributed by atoms with van der Waals surface area (Å²) in [5, 5.41) is 13.0. The summed E-state index contributed by atoms with van der Waals surface area (Å²) in [6.07, 6.45) is 0.560. The number of nitrogens with two attached hydrogens (primary N) is 1. The lowest BCUT2D eigenvalue weighted by atomic mass is 9.99. The van der Waals surface area contributed by atoms with Crippen molar-refractivity contribution in [3.05, 3.63) is 91.5 Å². The summed E-state index contributed by atoms with van der Waals surface area (Å²) in [6.45, 7) is 1.95. The summed E-state index contributed by atoms with van der Waals surface area (Å²) >= 11 is 10.7. The maximum atomic E-state index is 13.5. The molecule has 2 aromatic heterocycles. The SMILES string of the molecule is CCc1oc2cc(SNc3ccc(SNc4nc(C(N)=O)cs4)cc3)ccc2c1C(=O)c1cc(Br)c(O)c(Br)c1. The van der Waals surface area contributed by atoms with E-state index in [9.17, 15) is 14.7 Å². The molecule has 0 fully saturated rings. The number of hydrogen-bond acceptors (Lipinski definition) is 10. The van der Waals surface area contributed by atoms with Gasteiger partial charge in [-0.2, -0.15) is 0 Å². The Morgan fingerprint density at radius 1 is 1.02 bits per heavy atom. The second-order valence-corrected chi connectivity index (χ2v) is 12.7. The highest BCUT2D eigenvalue weighted by Gasteiger charge is 2.23. The summed E-state index contributed by atoms with van der Waals surface area (Å²) in [5.41, 5.74) is 7.98. The van der Waals surface area contributed by atoms with Crippen molar-refractivity contribution < 1.29 is 19.1 Å². The molecular weight excluding hydrogens is 700 g/mol. The third kappa shape index (κ3) is 6.18. The predicted octanol–water partition coefficient (Wildman–Crippen LogP) is 8.25. The smallest absolute Gasteiger partial charge is 0.268 e. The Kier molecular flexibility index (Phi) is 8.76. The Bertz CT molecular complexity index is 1710. The van der Waals surface area contributed by atoms with Gasteiger partial charge in [0.05, 0.1) is 14.5 Å². The molecule has 0 spiro atoms. The lowest BCUT2D eigenvalue weighted by Gasteiger charge is -2.07. The Morgan fingerprint density at radius 2 is 1.70 bits per heavy atom. The summed E-state index contributed by atoms with van der Waals surface area (Å²) in [4.78, 5) is 30.7. The zero-order valence-corrected chi connectivity index (χ0v) is 26.3. The van der Waals surface area contributed by atoms with Crippen LogP contribution in [-0.2, 0) is 6.42 Å². The molecule has 5 aromatic rings. The average molecular weight is 720 g/mol. The minimum absolute atomic E-state index is 0.0411. The van der Waals surface area contributed by atoms with Crippen LogP contribution >= 0.6 is 67.1 Å². The number of amides is 1. The number of aromatic hydroxyl groups is 1. The van der Waals surface area contributed by atoms with Gasteiger partial charge in [0, 0.05) is 38.2 Å². The average Bonchev–Trinajstić information content (AvgIpc) is 3.58. The van der Waals surface area contributed by atoms with Crippen molar-refractivity contribution in [2.24, 2.45) is 5.73 Å². The van der Waals surface area contributed by atoms with E-state index in [4.69, 9.17) is 10.2 Å². The number of carbonyl (C=O) groups excluding carboxylic acids is 2. The number of fused-ring (bicyclic) bond motifs is 1. The van der Waals surface area contributed by atoms with Crippen LogP contribution in [0.4, 0.5) is 10.8 Å². The molecule has 1 amide bonds. The number of furan rings is 1. The molecule has 0 radical (unpaired) electrons. The van der Waals surface area contributed by atoms with E-state index >= 15 is 0 Å². The van der Waals surface area contributed by atoms with Crippen LogP contribution in [0.1, 0.15) is 39.1 Å². The van der Waals surface area contributed by atoms with E-state index in [1.807, 2.05) is 49.4 Å². The molecule has 8 nitrogen and oxygen atoms in total. The molecule has 0 bridgehead atoms. The van der Waals surface area contributed by atoms with Gasteiger partial charge in [-0.3, -0.25) is 9.59 Å². The Labute approximate surface area is 258 Å². The molecule has 40 heavy (non-hydrogen) atoms. The van der Waals surface area contributed by atoms with Crippen LogP contribution in [0.15, 0.2) is 83.1 Å². The Morgan fingerprint density at radius 3 is 2.35 bits per heavy atom. The van der Waals surface area contributed by atoms with Gasteiger partial charge in [0.15, 0.2) is 10.9 Å². The lowest BCUT2D eigenvalue weighted by molar-refractivity contribution is 0.0994. The first-order valence-electron chi connectivity index (χ1n) is 11.7. The monoisotopic (exact) mass is 718 g/mol. The number of phenols is 1. The van der Waals surface area contributed by atoms with Gasteiger partial charge in [-0.1, -0.05) is 6.92 Å². The topological polar surface area (TPSA) is 130 Å². The van der Waals surface area contributed by atoms with E-state index in [2.05, 4.69) is 46.3 Å². The summed E-state index contributed by atoms with van der Waals surface area (Å²) in [7, 11) is 0. The number of anilines is 2. The second kappa shape index (κ2) is 12.3. The number of benzene rings is 3. The van der Waals surface area contributed by atoms with Crippen LogP contribution in [0.3, 0.4) is 0 Å². The summed E-state index contributed by atoms with van der Waals surface area (Å²) < 4.78 is 13.4. The van der Waals surface area contributed by atoms with Crippen molar-refractivity contribution in [1.82, 2.24) is 4.98 Å². The molecule has 0 saturated carbocycles. The number of hydrogen-bond donors (Lipinski definition) is 4. The highest BCUT2D eigenvalue weighted by molar-refractivity contribution is 9.11. The molecule has 5 N–H and O–H groups in total. The van der Waals surface area contributed by atoms with Gasteiger partial charge in [-0.15, -0.1) is 11.3 Å². The van der Waals surface area contributed by atoms with Crippen LogP contribution in [-0.4, -0.2) is 21.8 Å². The first kappa shape index (κ1) is 28.6. The normalized spacial score (nSPS) is 11.1. The zero-order chi connectivity index (χ0) is 28.4. The lowest BCUT2D eigenvalue weighted by Crippen LogP contribution is -2.11. The van der Waals surface area contributed by atoms with Gasteiger partial charge < -0.3 is 24.7 Å². The largest absolute Gasteiger partial charge is 0.506 e. The van der Waals surface area contributed by atoms with Crippen molar-refractivity contribution in [3.63, 3.8) is 0 Å². The van der Waals surface area contributed by atoms with Crippen molar-refractivity contribution >= 4 is 101 Å².